The second-order valence-corrected chi connectivity index (χ2v) is 4.88. The molecule has 1 radical (unpaired) electrons. The van der Waals surface area contributed by atoms with E-state index in [2.05, 4.69) is 23.7 Å². The highest BCUT2D eigenvalue weighted by atomic mass is 16.2. The van der Waals surface area contributed by atoms with Crippen LogP contribution in [0.5, 0.6) is 0 Å². The largest absolute Gasteiger partial charge is 0.335 e. The number of likely N-dealkylation sites (tertiary alicyclic amines) is 2. The van der Waals surface area contributed by atoms with Crippen molar-refractivity contribution in [1.29, 1.82) is 0 Å². The van der Waals surface area contributed by atoms with Crippen molar-refractivity contribution >= 4 is 6.03 Å². The average molecular weight is 224 g/mol. The zero-order chi connectivity index (χ0) is 11.4. The van der Waals surface area contributed by atoms with Crippen molar-refractivity contribution < 1.29 is 4.79 Å². The number of nitrogens with one attached hydrogen (secondary N) is 1. The molecule has 0 aromatic rings. The third-order valence-corrected chi connectivity index (χ3v) is 3.54. The zero-order valence-electron chi connectivity index (χ0n) is 10.1. The average Bonchev–Trinajstić information content (AvgIpc) is 2.33. The van der Waals surface area contributed by atoms with Gasteiger partial charge >= 0.3 is 6.03 Å². The Hall–Kier alpha value is -0.770. The Balaban J connectivity index is 1.73. The minimum absolute atomic E-state index is 0.141. The Morgan fingerprint density at radius 1 is 1.19 bits per heavy atom. The van der Waals surface area contributed by atoms with Gasteiger partial charge in [0.2, 0.25) is 0 Å². The smallest absolute Gasteiger partial charge is 0.317 e. The first kappa shape index (κ1) is 11.7. The fourth-order valence-corrected chi connectivity index (χ4v) is 2.37. The highest BCUT2D eigenvalue weighted by molar-refractivity contribution is 5.74. The number of piperidine rings is 2. The van der Waals surface area contributed by atoms with E-state index < -0.39 is 0 Å². The molecular weight excluding hydrogens is 202 g/mol. The van der Waals surface area contributed by atoms with Gasteiger partial charge < -0.3 is 15.1 Å². The lowest BCUT2D eigenvalue weighted by Gasteiger charge is -2.33. The molecule has 4 nitrogen and oxygen atoms in total. The van der Waals surface area contributed by atoms with Gasteiger partial charge in [0.25, 0.3) is 0 Å². The third-order valence-electron chi connectivity index (χ3n) is 3.54. The van der Waals surface area contributed by atoms with Crippen molar-refractivity contribution in [3.63, 3.8) is 0 Å². The number of amides is 2. The van der Waals surface area contributed by atoms with Crippen LogP contribution in [0.25, 0.3) is 0 Å². The molecule has 16 heavy (non-hydrogen) atoms. The van der Waals surface area contributed by atoms with E-state index in [0.29, 0.717) is 6.04 Å². The Labute approximate surface area is 98.0 Å². The van der Waals surface area contributed by atoms with E-state index in [1.807, 2.05) is 4.90 Å². The van der Waals surface area contributed by atoms with Crippen LogP contribution in [0.2, 0.25) is 0 Å². The number of carbonyl (C=O) groups excluding carboxylic acids is 1. The standard InChI is InChI=1S/C12H22N3O/c1-14-9-5-11(6-10-14)13-12(16)15-7-3-2-4-8-15/h2,11H,3-10H2,1H3,(H,13,16). The van der Waals surface area contributed by atoms with E-state index in [4.69, 9.17) is 0 Å². The van der Waals surface area contributed by atoms with Gasteiger partial charge in [-0.05, 0) is 52.2 Å². The van der Waals surface area contributed by atoms with E-state index in [9.17, 15) is 4.79 Å². The normalized spacial score (nSPS) is 24.4. The number of carbonyl (C=O) groups is 1. The lowest BCUT2D eigenvalue weighted by atomic mass is 10.1. The number of rotatable bonds is 1. The van der Waals surface area contributed by atoms with Crippen molar-refractivity contribution in [2.45, 2.75) is 31.7 Å². The van der Waals surface area contributed by atoms with E-state index in [1.165, 1.54) is 0 Å². The van der Waals surface area contributed by atoms with Gasteiger partial charge in [0.1, 0.15) is 0 Å². The summed E-state index contributed by atoms with van der Waals surface area (Å²) in [4.78, 5) is 16.2. The van der Waals surface area contributed by atoms with Crippen LogP contribution in [0.4, 0.5) is 4.79 Å². The first-order chi connectivity index (χ1) is 7.75. The van der Waals surface area contributed by atoms with Gasteiger partial charge in [-0.25, -0.2) is 4.79 Å². The molecule has 91 valence electrons. The van der Waals surface area contributed by atoms with Crippen LogP contribution in [-0.4, -0.2) is 55.1 Å². The van der Waals surface area contributed by atoms with Crippen molar-refractivity contribution in [3.8, 4) is 0 Å². The lowest BCUT2D eigenvalue weighted by Crippen LogP contribution is -2.49. The summed E-state index contributed by atoms with van der Waals surface area (Å²) in [7, 11) is 2.14. The van der Waals surface area contributed by atoms with E-state index >= 15 is 0 Å². The van der Waals surface area contributed by atoms with E-state index in [-0.39, 0.29) is 6.03 Å². The van der Waals surface area contributed by atoms with Crippen LogP contribution in [0.3, 0.4) is 0 Å². The zero-order valence-corrected chi connectivity index (χ0v) is 10.1. The van der Waals surface area contributed by atoms with Crippen LogP contribution in [0.15, 0.2) is 0 Å². The van der Waals surface area contributed by atoms with Gasteiger partial charge in [-0.1, -0.05) is 0 Å². The molecule has 1 N–H and O–H groups in total. The summed E-state index contributed by atoms with van der Waals surface area (Å²) in [6, 6.07) is 0.525. The predicted octanol–water partition coefficient (Wildman–Crippen LogP) is 1.09. The molecule has 2 aliphatic heterocycles. The Morgan fingerprint density at radius 3 is 2.44 bits per heavy atom. The number of hydrogen-bond donors (Lipinski definition) is 1. The van der Waals surface area contributed by atoms with Gasteiger partial charge in [0, 0.05) is 19.1 Å². The summed E-state index contributed by atoms with van der Waals surface area (Å²) in [6.45, 7) is 3.97. The van der Waals surface area contributed by atoms with Crippen molar-refractivity contribution in [1.82, 2.24) is 15.1 Å². The third kappa shape index (κ3) is 3.11. The SMILES string of the molecule is CN1CCC(NC(=O)N2CC[CH]CC2)CC1. The summed E-state index contributed by atoms with van der Waals surface area (Å²) in [5.74, 6) is 0. The number of nitrogens with zero attached hydrogens (tertiary/aromatic N) is 2. The number of urea groups is 1. The van der Waals surface area contributed by atoms with E-state index in [0.717, 1.165) is 51.9 Å². The van der Waals surface area contributed by atoms with E-state index in [1.54, 1.807) is 0 Å². The molecule has 2 rings (SSSR count). The van der Waals surface area contributed by atoms with Crippen LogP contribution in [0, 0.1) is 6.42 Å². The molecule has 2 amide bonds. The molecule has 0 spiro atoms. The van der Waals surface area contributed by atoms with Gasteiger partial charge in [-0.15, -0.1) is 0 Å². The summed E-state index contributed by atoms with van der Waals surface area (Å²) < 4.78 is 0. The molecule has 2 heterocycles. The lowest BCUT2D eigenvalue weighted by molar-refractivity contribution is 0.177. The Kier molecular flexibility index (Phi) is 4.04. The number of hydrogen-bond acceptors (Lipinski definition) is 2. The molecule has 2 fully saturated rings. The molecule has 0 atom stereocenters. The molecular formula is C12H22N3O. The first-order valence-electron chi connectivity index (χ1n) is 6.31. The van der Waals surface area contributed by atoms with Crippen molar-refractivity contribution in [2.24, 2.45) is 0 Å². The fraction of sp³-hybridized carbons (Fsp3) is 0.833. The molecule has 0 bridgehead atoms. The van der Waals surface area contributed by atoms with Crippen LogP contribution in [0.1, 0.15) is 25.7 Å². The highest BCUT2D eigenvalue weighted by Crippen LogP contribution is 2.11. The maximum Gasteiger partial charge on any atom is 0.317 e. The molecule has 0 unspecified atom stereocenters. The fourth-order valence-electron chi connectivity index (χ4n) is 2.37. The molecule has 0 aromatic carbocycles. The summed E-state index contributed by atoms with van der Waals surface area (Å²) in [5.41, 5.74) is 0. The van der Waals surface area contributed by atoms with Gasteiger partial charge in [0.15, 0.2) is 0 Å². The molecule has 0 aliphatic carbocycles. The quantitative estimate of drug-likeness (QED) is 0.723. The molecule has 0 aromatic heterocycles. The van der Waals surface area contributed by atoms with Crippen LogP contribution in [-0.2, 0) is 0 Å². The minimum Gasteiger partial charge on any atom is -0.335 e. The van der Waals surface area contributed by atoms with Crippen LogP contribution >= 0.6 is 0 Å². The van der Waals surface area contributed by atoms with Gasteiger partial charge in [-0.2, -0.15) is 0 Å². The van der Waals surface area contributed by atoms with Crippen LogP contribution < -0.4 is 5.32 Å². The highest BCUT2D eigenvalue weighted by Gasteiger charge is 2.22. The van der Waals surface area contributed by atoms with Gasteiger partial charge in [0.05, 0.1) is 0 Å². The maximum absolute atomic E-state index is 11.9. The summed E-state index contributed by atoms with van der Waals surface area (Å²) in [6.07, 6.45) is 6.52. The summed E-state index contributed by atoms with van der Waals surface area (Å²) >= 11 is 0. The molecule has 2 saturated heterocycles. The molecule has 4 heteroatoms. The Morgan fingerprint density at radius 2 is 1.81 bits per heavy atom. The maximum atomic E-state index is 11.9. The van der Waals surface area contributed by atoms with Gasteiger partial charge in [-0.3, -0.25) is 0 Å². The van der Waals surface area contributed by atoms with Crippen molar-refractivity contribution in [3.05, 3.63) is 6.42 Å². The topological polar surface area (TPSA) is 35.6 Å². The monoisotopic (exact) mass is 224 g/mol. The van der Waals surface area contributed by atoms with Crippen molar-refractivity contribution in [2.75, 3.05) is 33.2 Å². The first-order valence-corrected chi connectivity index (χ1v) is 6.31. The molecule has 0 saturated carbocycles. The second-order valence-electron chi connectivity index (χ2n) is 4.88. The summed E-state index contributed by atoms with van der Waals surface area (Å²) in [5, 5.41) is 3.16. The Bertz CT molecular complexity index is 230. The minimum atomic E-state index is 0.141. The second kappa shape index (κ2) is 5.53. The molecule has 2 aliphatic rings. The predicted molar refractivity (Wildman–Crippen MR) is 64.2 cm³/mol.